The molecular weight excluding hydrogens is 512 g/mol. The van der Waals surface area contributed by atoms with Crippen LogP contribution in [0.25, 0.3) is 11.2 Å². The van der Waals surface area contributed by atoms with Crippen molar-refractivity contribution in [3.8, 4) is 0 Å². The number of nitrogen functional groups attached to an aromatic ring is 1. The first-order valence-electron chi connectivity index (χ1n) is 13.1. The number of carbonyl (C=O) groups excluding carboxylic acids is 3. The Morgan fingerprint density at radius 2 is 2.00 bits per heavy atom. The Balaban J connectivity index is 1.36. The molecule has 2 aliphatic heterocycles. The fourth-order valence-electron chi connectivity index (χ4n) is 4.78. The van der Waals surface area contributed by atoms with Gasteiger partial charge in [-0.3, -0.25) is 14.2 Å². The molecule has 0 spiro atoms. The van der Waals surface area contributed by atoms with Gasteiger partial charge in [-0.25, -0.2) is 19.7 Å². The number of aliphatic hydroxyl groups is 2. The van der Waals surface area contributed by atoms with Crippen LogP contribution >= 0.6 is 0 Å². The zero-order chi connectivity index (χ0) is 28.1. The second-order valence-electron chi connectivity index (χ2n) is 9.79. The van der Waals surface area contributed by atoms with E-state index in [0.29, 0.717) is 55.9 Å². The molecule has 5 N–H and O–H groups in total. The molecule has 0 bridgehead atoms. The monoisotopic (exact) mass is 548 g/mol. The predicted octanol–water partition coefficient (Wildman–Crippen LogP) is -0.790. The Bertz CT molecular complexity index is 1180. The third kappa shape index (κ3) is 6.54. The molecule has 2 aliphatic rings. The van der Waals surface area contributed by atoms with E-state index in [1.165, 1.54) is 11.2 Å². The first-order valence-corrected chi connectivity index (χ1v) is 13.1. The van der Waals surface area contributed by atoms with E-state index < -0.39 is 37.0 Å². The van der Waals surface area contributed by atoms with Crippen LogP contribution < -0.4 is 11.1 Å². The summed E-state index contributed by atoms with van der Waals surface area (Å²) < 4.78 is 12.7. The van der Waals surface area contributed by atoms with Crippen molar-refractivity contribution in [3.05, 3.63) is 12.2 Å². The lowest BCUT2D eigenvalue weighted by molar-refractivity contribution is -0.147. The highest BCUT2D eigenvalue weighted by Crippen LogP contribution is 2.25. The van der Waals surface area contributed by atoms with Crippen LogP contribution in [0.15, 0.2) is 6.33 Å². The van der Waals surface area contributed by atoms with Gasteiger partial charge in [0.15, 0.2) is 23.8 Å². The number of likely N-dealkylation sites (N-methyl/N-ethyl adjacent to an activating group) is 1. The number of likely N-dealkylation sites (tertiary alicyclic amines) is 2. The highest BCUT2D eigenvalue weighted by Gasteiger charge is 2.33. The van der Waals surface area contributed by atoms with E-state index in [-0.39, 0.29) is 24.4 Å². The number of rotatable bonds is 10. The fraction of sp³-hybridized carbons (Fsp3) is 0.667. The number of amides is 3. The molecule has 3 amide bonds. The van der Waals surface area contributed by atoms with Gasteiger partial charge in [0.2, 0.25) is 5.91 Å². The molecule has 39 heavy (non-hydrogen) atoms. The maximum Gasteiger partial charge on any atom is 0.411 e. The lowest BCUT2D eigenvalue weighted by atomic mass is 9.93. The first kappa shape index (κ1) is 28.4. The van der Waals surface area contributed by atoms with Crippen LogP contribution in [0.2, 0.25) is 0 Å². The van der Waals surface area contributed by atoms with E-state index in [0.717, 1.165) is 12.8 Å². The number of nitrogens with two attached hydrogens (primary N) is 1. The molecule has 2 saturated heterocycles. The zero-order valence-corrected chi connectivity index (χ0v) is 22.2. The number of aromatic nitrogens is 4. The summed E-state index contributed by atoms with van der Waals surface area (Å²) in [6.07, 6.45) is 0.744. The molecule has 0 saturated carbocycles. The van der Waals surface area contributed by atoms with E-state index in [4.69, 9.17) is 15.2 Å². The lowest BCUT2D eigenvalue weighted by Crippen LogP contribution is -2.45. The second-order valence-corrected chi connectivity index (χ2v) is 9.79. The Labute approximate surface area is 225 Å². The number of imidazole rings is 1. The molecule has 2 fully saturated rings. The first-order chi connectivity index (χ1) is 18.7. The minimum Gasteiger partial charge on any atom is -0.425 e. The van der Waals surface area contributed by atoms with E-state index in [1.54, 1.807) is 23.4 Å². The summed E-state index contributed by atoms with van der Waals surface area (Å²) in [6.45, 7) is 2.32. The van der Waals surface area contributed by atoms with Gasteiger partial charge in [-0.15, -0.1) is 0 Å². The maximum atomic E-state index is 12.6. The Morgan fingerprint density at radius 3 is 2.64 bits per heavy atom. The minimum absolute atomic E-state index is 0.0276. The van der Waals surface area contributed by atoms with Crippen LogP contribution in [0.3, 0.4) is 0 Å². The van der Waals surface area contributed by atoms with Crippen LogP contribution in [0, 0.1) is 5.92 Å². The summed E-state index contributed by atoms with van der Waals surface area (Å²) in [6, 6.07) is 0. The van der Waals surface area contributed by atoms with E-state index >= 15 is 0 Å². The van der Waals surface area contributed by atoms with Crippen molar-refractivity contribution in [2.45, 2.75) is 64.2 Å². The van der Waals surface area contributed by atoms with E-state index in [9.17, 15) is 24.6 Å². The zero-order valence-electron chi connectivity index (χ0n) is 22.2. The molecule has 15 nitrogen and oxygen atoms in total. The molecule has 0 radical (unpaired) electrons. The van der Waals surface area contributed by atoms with Gasteiger partial charge >= 0.3 is 6.09 Å². The highest BCUT2D eigenvalue weighted by atomic mass is 16.6. The van der Waals surface area contributed by atoms with Gasteiger partial charge in [0.1, 0.15) is 24.2 Å². The topological polar surface area (TPSA) is 198 Å². The number of nitrogens with zero attached hydrogens (tertiary/aromatic N) is 6. The summed E-state index contributed by atoms with van der Waals surface area (Å²) in [5.41, 5.74) is 6.95. The van der Waals surface area contributed by atoms with E-state index in [1.807, 2.05) is 0 Å². The van der Waals surface area contributed by atoms with Gasteiger partial charge < -0.3 is 40.5 Å². The van der Waals surface area contributed by atoms with Gasteiger partial charge in [-0.2, -0.15) is 0 Å². The normalized spacial score (nSPS) is 19.9. The number of aliphatic hydroxyl groups excluding tert-OH is 2. The van der Waals surface area contributed by atoms with Crippen LogP contribution in [-0.2, 0) is 32.2 Å². The minimum atomic E-state index is -1.40. The SMILES string of the molecule is CCNC(=O)[C@@H](OCn1cnc2c(N)nc(CC3CCN(C(=O)OC4CCC(=O)N4C)CC3)nc21)C(O)CO. The Kier molecular flexibility index (Phi) is 9.14. The molecule has 4 heterocycles. The number of ether oxygens (including phenoxy) is 2. The van der Waals surface area contributed by atoms with Crippen molar-refractivity contribution in [2.24, 2.45) is 5.92 Å². The van der Waals surface area contributed by atoms with Crippen LogP contribution in [-0.4, -0.2) is 109 Å². The van der Waals surface area contributed by atoms with Gasteiger partial charge in [0.25, 0.3) is 5.91 Å². The van der Waals surface area contributed by atoms with Gasteiger partial charge in [-0.05, 0) is 25.7 Å². The summed E-state index contributed by atoms with van der Waals surface area (Å²) in [4.78, 5) is 52.9. The van der Waals surface area contributed by atoms with Crippen molar-refractivity contribution < 1.29 is 34.1 Å². The number of nitrogens with one attached hydrogen (secondary N) is 1. The van der Waals surface area contributed by atoms with Gasteiger partial charge in [0, 0.05) is 45.9 Å². The summed E-state index contributed by atoms with van der Waals surface area (Å²) in [7, 11) is 1.64. The molecule has 2 aromatic heterocycles. The number of fused-ring (bicyclic) bond motifs is 1. The molecule has 2 unspecified atom stereocenters. The van der Waals surface area contributed by atoms with Crippen molar-refractivity contribution in [1.29, 1.82) is 0 Å². The third-order valence-electron chi connectivity index (χ3n) is 7.09. The molecule has 0 aliphatic carbocycles. The highest BCUT2D eigenvalue weighted by molar-refractivity contribution is 5.82. The number of piperidine rings is 1. The lowest BCUT2D eigenvalue weighted by Gasteiger charge is -2.32. The molecule has 3 atom stereocenters. The molecular formula is C24H36N8O7. The van der Waals surface area contributed by atoms with Crippen molar-refractivity contribution in [3.63, 3.8) is 0 Å². The van der Waals surface area contributed by atoms with Crippen molar-refractivity contribution in [1.82, 2.24) is 34.6 Å². The summed E-state index contributed by atoms with van der Waals surface area (Å²) in [5, 5.41) is 21.9. The van der Waals surface area contributed by atoms with Crippen molar-refractivity contribution >= 4 is 34.9 Å². The Hall–Kier alpha value is -3.56. The van der Waals surface area contributed by atoms with Gasteiger partial charge in [-0.1, -0.05) is 0 Å². The molecule has 0 aromatic carbocycles. The van der Waals surface area contributed by atoms with E-state index in [2.05, 4.69) is 20.3 Å². The second kappa shape index (κ2) is 12.5. The molecule has 15 heteroatoms. The summed E-state index contributed by atoms with van der Waals surface area (Å²) >= 11 is 0. The van der Waals surface area contributed by atoms with Crippen LogP contribution in [0.1, 0.15) is 38.4 Å². The number of hydrogen-bond acceptors (Lipinski definition) is 11. The Morgan fingerprint density at radius 1 is 1.26 bits per heavy atom. The summed E-state index contributed by atoms with van der Waals surface area (Å²) in [5.74, 6) is 0.374. The number of hydrogen-bond donors (Lipinski definition) is 4. The average molecular weight is 549 g/mol. The third-order valence-corrected chi connectivity index (χ3v) is 7.09. The number of carbonyl (C=O) groups is 3. The van der Waals surface area contributed by atoms with Crippen LogP contribution in [0.4, 0.5) is 10.6 Å². The van der Waals surface area contributed by atoms with Gasteiger partial charge in [0.05, 0.1) is 12.9 Å². The smallest absolute Gasteiger partial charge is 0.411 e. The van der Waals surface area contributed by atoms with Crippen molar-refractivity contribution in [2.75, 3.05) is 39.0 Å². The maximum absolute atomic E-state index is 12.6. The standard InChI is InChI=1S/C24H36N8O7/c1-3-26-23(36)20(15(34)11-33)38-13-32-12-27-19-21(25)28-16(29-22(19)32)10-14-6-8-31(9-7-14)24(37)39-18-5-4-17(35)30(18)2/h12,14-15,18,20,33-34H,3-11,13H2,1-2H3,(H,26,36)(H2,25,28,29)/t15?,18?,20-/m0/s1. The number of anilines is 1. The average Bonchev–Trinajstić information content (AvgIpc) is 3.47. The largest absolute Gasteiger partial charge is 0.425 e. The van der Waals surface area contributed by atoms with Crippen LogP contribution in [0.5, 0.6) is 0 Å². The molecule has 2 aromatic rings. The predicted molar refractivity (Wildman–Crippen MR) is 137 cm³/mol. The molecule has 214 valence electrons. The fourth-order valence-corrected chi connectivity index (χ4v) is 4.78. The quantitative estimate of drug-likeness (QED) is 0.290. The molecule has 4 rings (SSSR count).